The van der Waals surface area contributed by atoms with Crippen LogP contribution in [0, 0.1) is 11.8 Å². The van der Waals surface area contributed by atoms with Gasteiger partial charge in [0, 0.05) is 12.3 Å². The average molecular weight is 254 g/mol. The molecule has 0 aromatic rings. The van der Waals surface area contributed by atoms with Crippen molar-refractivity contribution in [2.24, 2.45) is 11.8 Å². The van der Waals surface area contributed by atoms with Crippen molar-refractivity contribution in [2.75, 3.05) is 0 Å². The molecule has 1 rings (SSSR count). The maximum Gasteiger partial charge on any atom is 0.142 e. The van der Waals surface area contributed by atoms with E-state index in [9.17, 15) is 15.0 Å². The van der Waals surface area contributed by atoms with E-state index in [-0.39, 0.29) is 24.0 Å². The van der Waals surface area contributed by atoms with Crippen LogP contribution in [0.2, 0.25) is 0 Å². The Labute approximate surface area is 110 Å². The van der Waals surface area contributed by atoms with Gasteiger partial charge in [0.1, 0.15) is 5.78 Å². The summed E-state index contributed by atoms with van der Waals surface area (Å²) >= 11 is 0. The first kappa shape index (κ1) is 15.4. The van der Waals surface area contributed by atoms with Gasteiger partial charge in [0.15, 0.2) is 0 Å². The first-order valence-electron chi connectivity index (χ1n) is 7.00. The minimum Gasteiger partial charge on any atom is -0.392 e. The first-order valence-corrected chi connectivity index (χ1v) is 7.00. The van der Waals surface area contributed by atoms with E-state index in [0.29, 0.717) is 0 Å². The van der Waals surface area contributed by atoms with Crippen LogP contribution in [0.1, 0.15) is 52.9 Å². The number of allylic oxidation sites excluding steroid dienone is 1. The molecule has 0 unspecified atom stereocenters. The van der Waals surface area contributed by atoms with Crippen molar-refractivity contribution in [3.8, 4) is 0 Å². The van der Waals surface area contributed by atoms with E-state index >= 15 is 0 Å². The molecule has 0 bridgehead atoms. The van der Waals surface area contributed by atoms with Gasteiger partial charge in [-0.1, -0.05) is 45.3 Å². The van der Waals surface area contributed by atoms with E-state index in [0.717, 1.165) is 25.7 Å². The Morgan fingerprint density at radius 1 is 1.44 bits per heavy atom. The molecule has 0 aromatic heterocycles. The molecule has 0 saturated heterocycles. The van der Waals surface area contributed by atoms with Gasteiger partial charge in [0.25, 0.3) is 0 Å². The van der Waals surface area contributed by atoms with Gasteiger partial charge >= 0.3 is 0 Å². The minimum atomic E-state index is -0.845. The van der Waals surface area contributed by atoms with Crippen molar-refractivity contribution in [3.63, 3.8) is 0 Å². The molecule has 2 N–H and O–H groups in total. The van der Waals surface area contributed by atoms with Crippen LogP contribution in [0.3, 0.4) is 0 Å². The second-order valence-electron chi connectivity index (χ2n) is 5.80. The van der Waals surface area contributed by atoms with Gasteiger partial charge in [-0.2, -0.15) is 0 Å². The minimum absolute atomic E-state index is 0.0415. The zero-order valence-corrected chi connectivity index (χ0v) is 11.7. The number of unbranched alkanes of at least 4 members (excludes halogenated alkanes) is 2. The second kappa shape index (κ2) is 6.48. The Kier molecular flexibility index (Phi) is 5.54. The third-order valence-electron chi connectivity index (χ3n) is 3.90. The fourth-order valence-electron chi connectivity index (χ4n) is 2.47. The van der Waals surface area contributed by atoms with Crippen molar-refractivity contribution < 1.29 is 15.0 Å². The first-order chi connectivity index (χ1) is 8.37. The van der Waals surface area contributed by atoms with Gasteiger partial charge in [-0.3, -0.25) is 4.79 Å². The van der Waals surface area contributed by atoms with Crippen LogP contribution in [0.5, 0.6) is 0 Å². The molecule has 1 aliphatic rings. The molecule has 0 aromatic carbocycles. The molecular formula is C15H26O3. The summed E-state index contributed by atoms with van der Waals surface area (Å²) in [5.74, 6) is -0.201. The van der Waals surface area contributed by atoms with E-state index in [1.54, 1.807) is 19.1 Å². The van der Waals surface area contributed by atoms with Crippen LogP contribution in [-0.4, -0.2) is 27.7 Å². The normalized spacial score (nSPS) is 32.1. The van der Waals surface area contributed by atoms with Crippen molar-refractivity contribution in [2.45, 2.75) is 64.6 Å². The molecular weight excluding hydrogens is 228 g/mol. The lowest BCUT2D eigenvalue weighted by Gasteiger charge is -2.20. The van der Waals surface area contributed by atoms with Crippen LogP contribution >= 0.6 is 0 Å². The quantitative estimate of drug-likeness (QED) is 0.565. The Morgan fingerprint density at radius 2 is 2.11 bits per heavy atom. The van der Waals surface area contributed by atoms with Crippen LogP contribution in [0.25, 0.3) is 0 Å². The lowest BCUT2D eigenvalue weighted by molar-refractivity contribution is -0.120. The number of ketones is 1. The summed E-state index contributed by atoms with van der Waals surface area (Å²) in [4.78, 5) is 11.7. The standard InChI is InChI=1S/C15H26O3/c1-4-5-6-8-15(3,18)9-7-12-11(2)13(16)10-14(12)17/h7,9,11-13,16,18H,4-6,8,10H2,1-3H3/b9-7+/t11-,12-,13+,15-/m1/s1. The van der Waals surface area contributed by atoms with Crippen molar-refractivity contribution in [1.29, 1.82) is 0 Å². The molecule has 0 amide bonds. The smallest absolute Gasteiger partial charge is 0.142 e. The summed E-state index contributed by atoms with van der Waals surface area (Å²) in [5.41, 5.74) is -0.845. The van der Waals surface area contributed by atoms with E-state index in [1.807, 2.05) is 6.92 Å². The van der Waals surface area contributed by atoms with E-state index in [2.05, 4.69) is 6.92 Å². The summed E-state index contributed by atoms with van der Waals surface area (Å²) in [6.07, 6.45) is 7.19. The highest BCUT2D eigenvalue weighted by atomic mass is 16.3. The van der Waals surface area contributed by atoms with Crippen LogP contribution in [-0.2, 0) is 4.79 Å². The Bertz CT molecular complexity index is 307. The molecule has 0 heterocycles. The number of carbonyl (C=O) groups excluding carboxylic acids is 1. The predicted molar refractivity (Wildman–Crippen MR) is 72.2 cm³/mol. The zero-order valence-electron chi connectivity index (χ0n) is 11.7. The summed E-state index contributed by atoms with van der Waals surface area (Å²) in [7, 11) is 0. The summed E-state index contributed by atoms with van der Waals surface area (Å²) < 4.78 is 0. The average Bonchev–Trinajstić information content (AvgIpc) is 2.51. The maximum atomic E-state index is 11.7. The fourth-order valence-corrected chi connectivity index (χ4v) is 2.47. The Morgan fingerprint density at radius 3 is 2.61 bits per heavy atom. The zero-order chi connectivity index (χ0) is 13.8. The Hall–Kier alpha value is -0.670. The van der Waals surface area contributed by atoms with Gasteiger partial charge in [-0.25, -0.2) is 0 Å². The third-order valence-corrected chi connectivity index (χ3v) is 3.90. The number of rotatable bonds is 6. The second-order valence-corrected chi connectivity index (χ2v) is 5.80. The molecule has 0 radical (unpaired) electrons. The third kappa shape index (κ3) is 4.21. The number of Topliss-reactive ketones (excluding diaryl/α,β-unsaturated/α-hetero) is 1. The molecule has 1 aliphatic carbocycles. The molecule has 104 valence electrons. The maximum absolute atomic E-state index is 11.7. The monoisotopic (exact) mass is 254 g/mol. The van der Waals surface area contributed by atoms with Crippen LogP contribution in [0.4, 0.5) is 0 Å². The van der Waals surface area contributed by atoms with Gasteiger partial charge in [-0.15, -0.1) is 0 Å². The van der Waals surface area contributed by atoms with E-state index in [1.165, 1.54) is 0 Å². The van der Waals surface area contributed by atoms with Gasteiger partial charge in [0.2, 0.25) is 0 Å². The molecule has 3 nitrogen and oxygen atoms in total. The lowest BCUT2D eigenvalue weighted by Crippen LogP contribution is -2.22. The highest BCUT2D eigenvalue weighted by Crippen LogP contribution is 2.30. The van der Waals surface area contributed by atoms with Gasteiger partial charge in [-0.05, 0) is 19.3 Å². The molecule has 4 atom stereocenters. The molecule has 1 saturated carbocycles. The van der Waals surface area contributed by atoms with Gasteiger partial charge < -0.3 is 10.2 Å². The number of aliphatic hydroxyl groups is 2. The van der Waals surface area contributed by atoms with Crippen molar-refractivity contribution >= 4 is 5.78 Å². The Balaban J connectivity index is 2.54. The number of aliphatic hydroxyl groups excluding tert-OH is 1. The van der Waals surface area contributed by atoms with Crippen LogP contribution in [0.15, 0.2) is 12.2 Å². The molecule has 1 fully saturated rings. The van der Waals surface area contributed by atoms with Crippen molar-refractivity contribution in [3.05, 3.63) is 12.2 Å². The summed E-state index contributed by atoms with van der Waals surface area (Å²) in [5, 5.41) is 19.8. The highest BCUT2D eigenvalue weighted by Gasteiger charge is 2.37. The van der Waals surface area contributed by atoms with Crippen LogP contribution < -0.4 is 0 Å². The molecule has 18 heavy (non-hydrogen) atoms. The lowest BCUT2D eigenvalue weighted by atomic mass is 9.91. The van der Waals surface area contributed by atoms with E-state index in [4.69, 9.17) is 0 Å². The molecule has 0 spiro atoms. The molecule has 3 heteroatoms. The number of hydrogen-bond acceptors (Lipinski definition) is 3. The molecule has 0 aliphatic heterocycles. The summed E-state index contributed by atoms with van der Waals surface area (Å²) in [6, 6.07) is 0. The largest absolute Gasteiger partial charge is 0.392 e. The predicted octanol–water partition coefficient (Wildman–Crippen LogP) is 2.46. The topological polar surface area (TPSA) is 57.5 Å². The van der Waals surface area contributed by atoms with Crippen molar-refractivity contribution in [1.82, 2.24) is 0 Å². The fraction of sp³-hybridized carbons (Fsp3) is 0.800. The summed E-state index contributed by atoms with van der Waals surface area (Å²) in [6.45, 7) is 5.79. The number of carbonyl (C=O) groups is 1. The highest BCUT2D eigenvalue weighted by molar-refractivity contribution is 5.85. The van der Waals surface area contributed by atoms with Gasteiger partial charge in [0.05, 0.1) is 11.7 Å². The number of hydrogen-bond donors (Lipinski definition) is 2. The van der Waals surface area contributed by atoms with E-state index < -0.39 is 11.7 Å². The SMILES string of the molecule is CCCCC[C@@](C)(O)/C=C/[C@H]1C(=O)C[C@H](O)[C@@H]1C.